The van der Waals surface area contributed by atoms with Gasteiger partial charge in [-0.05, 0) is 31.0 Å². The summed E-state index contributed by atoms with van der Waals surface area (Å²) in [6, 6.07) is 6.82. The number of methoxy groups -OCH3 is 1. The molecule has 0 bridgehead atoms. The fraction of sp³-hybridized carbons (Fsp3) is 0.571. The Balaban J connectivity index is 1.95. The van der Waals surface area contributed by atoms with E-state index in [1.54, 1.807) is 7.11 Å². The molecule has 2 atom stereocenters. The standard InChI is InChI=1S/C14H19NO2/c1-16-13-4-2-3-12-11(13)5-7-15-14(12)10-6-8-17-9-10/h2-4,10,14-15H,5-9H2,1H3. The Labute approximate surface area is 102 Å². The molecule has 1 aromatic carbocycles. The SMILES string of the molecule is COc1cccc2c1CCNC2C1CCOC1. The van der Waals surface area contributed by atoms with Crippen molar-refractivity contribution in [3.8, 4) is 5.75 Å². The largest absolute Gasteiger partial charge is 0.496 e. The number of nitrogens with one attached hydrogen (secondary N) is 1. The molecule has 0 amide bonds. The predicted molar refractivity (Wildman–Crippen MR) is 66.4 cm³/mol. The van der Waals surface area contributed by atoms with Crippen LogP contribution in [0.2, 0.25) is 0 Å². The molecule has 0 saturated carbocycles. The van der Waals surface area contributed by atoms with Gasteiger partial charge in [0.1, 0.15) is 5.75 Å². The number of hydrogen-bond donors (Lipinski definition) is 1. The first-order valence-electron chi connectivity index (χ1n) is 6.37. The zero-order valence-electron chi connectivity index (χ0n) is 10.2. The van der Waals surface area contributed by atoms with Gasteiger partial charge in [0.2, 0.25) is 0 Å². The van der Waals surface area contributed by atoms with Crippen molar-refractivity contribution in [1.29, 1.82) is 0 Å². The number of ether oxygens (including phenoxy) is 2. The summed E-state index contributed by atoms with van der Waals surface area (Å²) in [6.45, 7) is 2.82. The van der Waals surface area contributed by atoms with Crippen molar-refractivity contribution in [1.82, 2.24) is 5.32 Å². The smallest absolute Gasteiger partial charge is 0.122 e. The lowest BCUT2D eigenvalue weighted by atomic mass is 9.85. The van der Waals surface area contributed by atoms with Crippen LogP contribution >= 0.6 is 0 Å². The van der Waals surface area contributed by atoms with Crippen molar-refractivity contribution in [3.05, 3.63) is 29.3 Å². The number of rotatable bonds is 2. The summed E-state index contributed by atoms with van der Waals surface area (Å²) in [6.07, 6.45) is 2.22. The third kappa shape index (κ3) is 1.94. The van der Waals surface area contributed by atoms with Crippen LogP contribution in [0.25, 0.3) is 0 Å². The molecule has 1 aromatic rings. The van der Waals surface area contributed by atoms with Crippen LogP contribution < -0.4 is 10.1 Å². The first kappa shape index (κ1) is 11.1. The molecule has 2 heterocycles. The molecule has 0 aliphatic carbocycles. The monoisotopic (exact) mass is 233 g/mol. The lowest BCUT2D eigenvalue weighted by Gasteiger charge is -2.31. The molecule has 1 N–H and O–H groups in total. The molecule has 0 spiro atoms. The van der Waals surface area contributed by atoms with E-state index < -0.39 is 0 Å². The van der Waals surface area contributed by atoms with Gasteiger partial charge in [-0.2, -0.15) is 0 Å². The highest BCUT2D eigenvalue weighted by Crippen LogP contribution is 2.36. The zero-order valence-corrected chi connectivity index (χ0v) is 10.2. The molecule has 1 fully saturated rings. The van der Waals surface area contributed by atoms with Gasteiger partial charge in [0.05, 0.1) is 13.7 Å². The van der Waals surface area contributed by atoms with Crippen LogP contribution in [0.1, 0.15) is 23.6 Å². The van der Waals surface area contributed by atoms with E-state index in [2.05, 4.69) is 23.5 Å². The third-order valence-electron chi connectivity index (χ3n) is 3.90. The van der Waals surface area contributed by atoms with Crippen LogP contribution in [0, 0.1) is 5.92 Å². The van der Waals surface area contributed by atoms with Crippen LogP contribution in [0.5, 0.6) is 5.75 Å². The molecule has 0 aromatic heterocycles. The van der Waals surface area contributed by atoms with Crippen molar-refractivity contribution in [3.63, 3.8) is 0 Å². The molecule has 1 saturated heterocycles. The third-order valence-corrected chi connectivity index (χ3v) is 3.90. The van der Waals surface area contributed by atoms with E-state index in [9.17, 15) is 0 Å². The summed E-state index contributed by atoms with van der Waals surface area (Å²) in [5.74, 6) is 1.65. The first-order valence-corrected chi connectivity index (χ1v) is 6.37. The van der Waals surface area contributed by atoms with Crippen molar-refractivity contribution < 1.29 is 9.47 Å². The van der Waals surface area contributed by atoms with Gasteiger partial charge in [-0.1, -0.05) is 12.1 Å². The predicted octanol–water partition coefficient (Wildman–Crippen LogP) is 1.92. The van der Waals surface area contributed by atoms with Crippen molar-refractivity contribution in [2.24, 2.45) is 5.92 Å². The van der Waals surface area contributed by atoms with Crippen LogP contribution in [0.15, 0.2) is 18.2 Å². The maximum absolute atomic E-state index is 5.51. The lowest BCUT2D eigenvalue weighted by molar-refractivity contribution is 0.175. The van der Waals surface area contributed by atoms with Crippen LogP contribution in [0.3, 0.4) is 0 Å². The summed E-state index contributed by atoms with van der Waals surface area (Å²) in [4.78, 5) is 0. The lowest BCUT2D eigenvalue weighted by Crippen LogP contribution is -2.35. The maximum Gasteiger partial charge on any atom is 0.122 e. The molecule has 92 valence electrons. The van der Waals surface area contributed by atoms with Gasteiger partial charge >= 0.3 is 0 Å². The molecule has 2 aliphatic heterocycles. The minimum atomic E-state index is 0.441. The molecular weight excluding hydrogens is 214 g/mol. The maximum atomic E-state index is 5.51. The van der Waals surface area contributed by atoms with Gasteiger partial charge in [-0.15, -0.1) is 0 Å². The number of hydrogen-bond acceptors (Lipinski definition) is 3. The van der Waals surface area contributed by atoms with Gasteiger partial charge in [-0.3, -0.25) is 0 Å². The van der Waals surface area contributed by atoms with Crippen molar-refractivity contribution in [2.75, 3.05) is 26.9 Å². The highest BCUT2D eigenvalue weighted by molar-refractivity contribution is 5.43. The fourth-order valence-electron chi connectivity index (χ4n) is 3.03. The molecular formula is C14H19NO2. The summed E-state index contributed by atoms with van der Waals surface area (Å²) in [5.41, 5.74) is 2.79. The highest BCUT2D eigenvalue weighted by Gasteiger charge is 2.31. The minimum Gasteiger partial charge on any atom is -0.496 e. The van der Waals surface area contributed by atoms with Crippen LogP contribution in [-0.2, 0) is 11.2 Å². The van der Waals surface area contributed by atoms with E-state index in [1.807, 2.05) is 0 Å². The molecule has 17 heavy (non-hydrogen) atoms. The second-order valence-corrected chi connectivity index (χ2v) is 4.83. The Morgan fingerprint density at radius 3 is 3.12 bits per heavy atom. The molecule has 3 rings (SSSR count). The van der Waals surface area contributed by atoms with E-state index in [0.29, 0.717) is 12.0 Å². The Morgan fingerprint density at radius 2 is 2.35 bits per heavy atom. The second kappa shape index (κ2) is 4.67. The minimum absolute atomic E-state index is 0.441. The van der Waals surface area contributed by atoms with Crippen molar-refractivity contribution >= 4 is 0 Å². The summed E-state index contributed by atoms with van der Waals surface area (Å²) >= 11 is 0. The van der Waals surface area contributed by atoms with Gasteiger partial charge in [0.15, 0.2) is 0 Å². The summed E-state index contributed by atoms with van der Waals surface area (Å²) < 4.78 is 11.0. The zero-order chi connectivity index (χ0) is 11.7. The molecule has 3 heteroatoms. The normalized spacial score (nSPS) is 27.8. The van der Waals surface area contributed by atoms with E-state index in [1.165, 1.54) is 11.1 Å². The van der Waals surface area contributed by atoms with Crippen molar-refractivity contribution in [2.45, 2.75) is 18.9 Å². The quantitative estimate of drug-likeness (QED) is 0.846. The Hall–Kier alpha value is -1.06. The van der Waals surface area contributed by atoms with E-state index in [4.69, 9.17) is 9.47 Å². The van der Waals surface area contributed by atoms with Gasteiger partial charge in [-0.25, -0.2) is 0 Å². The number of benzene rings is 1. The van der Waals surface area contributed by atoms with Crippen LogP contribution in [0.4, 0.5) is 0 Å². The van der Waals surface area contributed by atoms with Gasteiger partial charge in [0.25, 0.3) is 0 Å². The Kier molecular flexibility index (Phi) is 3.04. The molecule has 2 unspecified atom stereocenters. The Bertz CT molecular complexity index is 399. The average molecular weight is 233 g/mol. The molecule has 2 aliphatic rings. The number of fused-ring (bicyclic) bond motifs is 1. The van der Waals surface area contributed by atoms with E-state index >= 15 is 0 Å². The summed E-state index contributed by atoms with van der Waals surface area (Å²) in [7, 11) is 1.76. The first-order chi connectivity index (χ1) is 8.40. The average Bonchev–Trinajstić information content (AvgIpc) is 2.91. The molecule has 0 radical (unpaired) electrons. The van der Waals surface area contributed by atoms with E-state index in [-0.39, 0.29) is 0 Å². The van der Waals surface area contributed by atoms with Gasteiger partial charge in [0, 0.05) is 24.1 Å². The second-order valence-electron chi connectivity index (χ2n) is 4.83. The van der Waals surface area contributed by atoms with Crippen LogP contribution in [-0.4, -0.2) is 26.9 Å². The highest BCUT2D eigenvalue weighted by atomic mass is 16.5. The van der Waals surface area contributed by atoms with Gasteiger partial charge < -0.3 is 14.8 Å². The molecule has 3 nitrogen and oxygen atoms in total. The Morgan fingerprint density at radius 1 is 1.41 bits per heavy atom. The van der Waals surface area contributed by atoms with E-state index in [0.717, 1.165) is 38.3 Å². The fourth-order valence-corrected chi connectivity index (χ4v) is 3.03. The summed E-state index contributed by atoms with van der Waals surface area (Å²) in [5, 5.41) is 3.63. The topological polar surface area (TPSA) is 30.5 Å².